The van der Waals surface area contributed by atoms with Crippen LogP contribution in [0, 0.1) is 0 Å². The molecular formula is C7H11N4+. The summed E-state index contributed by atoms with van der Waals surface area (Å²) in [5.41, 5.74) is 6.83. The lowest BCUT2D eigenvalue weighted by Crippen LogP contribution is -2.36. The molecule has 58 valence electrons. The van der Waals surface area contributed by atoms with Crippen molar-refractivity contribution < 1.29 is 4.59 Å². The topological polar surface area (TPSA) is 50.4 Å². The fourth-order valence-electron chi connectivity index (χ4n) is 1.37. The van der Waals surface area contributed by atoms with Crippen LogP contribution in [0.5, 0.6) is 0 Å². The van der Waals surface area contributed by atoms with Crippen molar-refractivity contribution in [1.82, 2.24) is 5.32 Å². The molecule has 0 spiro atoms. The van der Waals surface area contributed by atoms with E-state index in [0.717, 1.165) is 17.3 Å². The van der Waals surface area contributed by atoms with Crippen molar-refractivity contribution in [2.24, 2.45) is 10.8 Å². The summed E-state index contributed by atoms with van der Waals surface area (Å²) in [7, 11) is 1.95. The third-order valence-corrected chi connectivity index (χ3v) is 2.17. The maximum absolute atomic E-state index is 5.83. The molecule has 0 fully saturated rings. The average Bonchev–Trinajstić information content (AvgIpc) is 2.39. The lowest BCUT2D eigenvalue weighted by Gasteiger charge is -2.17. The van der Waals surface area contributed by atoms with Crippen LogP contribution in [-0.4, -0.2) is 17.9 Å². The average molecular weight is 151 g/mol. The Kier molecular flexibility index (Phi) is 0.964. The molecule has 1 atom stereocenters. The first-order valence-corrected chi connectivity index (χ1v) is 3.51. The molecule has 2 rings (SSSR count). The Morgan fingerprint density at radius 1 is 1.64 bits per heavy atom. The van der Waals surface area contributed by atoms with E-state index in [2.05, 4.69) is 10.4 Å². The third-order valence-electron chi connectivity index (χ3n) is 2.17. The van der Waals surface area contributed by atoms with Gasteiger partial charge in [0.05, 0.1) is 11.9 Å². The smallest absolute Gasteiger partial charge is 0.251 e. The Balaban J connectivity index is 2.54. The number of rotatable bonds is 0. The van der Waals surface area contributed by atoms with Crippen molar-refractivity contribution in [3.05, 3.63) is 23.4 Å². The number of hydrogen-bond acceptors (Lipinski definition) is 3. The van der Waals surface area contributed by atoms with Crippen LogP contribution in [0.25, 0.3) is 0 Å². The second kappa shape index (κ2) is 1.65. The molecule has 3 N–H and O–H groups in total. The van der Waals surface area contributed by atoms with Crippen LogP contribution >= 0.6 is 0 Å². The van der Waals surface area contributed by atoms with E-state index in [-0.39, 0.29) is 0 Å². The fourth-order valence-corrected chi connectivity index (χ4v) is 1.37. The number of allylic oxidation sites excluding steroid dienone is 2. The van der Waals surface area contributed by atoms with Crippen LogP contribution in [0.4, 0.5) is 0 Å². The van der Waals surface area contributed by atoms with Crippen molar-refractivity contribution in [2.45, 2.75) is 6.92 Å². The molecule has 0 aromatic heterocycles. The molecule has 0 radical (unpaired) electrons. The van der Waals surface area contributed by atoms with Crippen molar-refractivity contribution in [1.29, 1.82) is 0 Å². The van der Waals surface area contributed by atoms with Crippen molar-refractivity contribution in [3.8, 4) is 0 Å². The highest BCUT2D eigenvalue weighted by atomic mass is 15.7. The van der Waals surface area contributed by atoms with E-state index in [9.17, 15) is 0 Å². The zero-order valence-corrected chi connectivity index (χ0v) is 6.63. The van der Waals surface area contributed by atoms with Gasteiger partial charge in [-0.1, -0.05) is 5.10 Å². The molecule has 2 aliphatic heterocycles. The van der Waals surface area contributed by atoms with Gasteiger partial charge in [-0.05, 0) is 6.92 Å². The standard InChI is InChI=1S/C7H11N4/c1-5-7(8)11(2)6(10-5)3-4-9-11/h3-4,10H,8H2,1-2H3/q+1. The molecule has 11 heavy (non-hydrogen) atoms. The SMILES string of the molecule is CC1=C(N)[N+]2(C)N=CC=C2N1. The molecule has 0 aromatic carbocycles. The van der Waals surface area contributed by atoms with Gasteiger partial charge >= 0.3 is 0 Å². The summed E-state index contributed by atoms with van der Waals surface area (Å²) in [6.45, 7) is 1.95. The van der Waals surface area contributed by atoms with E-state index in [4.69, 9.17) is 5.73 Å². The first-order valence-electron chi connectivity index (χ1n) is 3.51. The van der Waals surface area contributed by atoms with E-state index in [1.807, 2.05) is 20.0 Å². The van der Waals surface area contributed by atoms with E-state index in [1.54, 1.807) is 6.21 Å². The molecule has 2 aliphatic rings. The summed E-state index contributed by atoms with van der Waals surface area (Å²) >= 11 is 0. The molecule has 0 aliphatic carbocycles. The molecular weight excluding hydrogens is 140 g/mol. The highest BCUT2D eigenvalue weighted by molar-refractivity contribution is 5.73. The molecule has 0 saturated heterocycles. The number of hydrogen-bond donors (Lipinski definition) is 2. The van der Waals surface area contributed by atoms with E-state index in [0.29, 0.717) is 4.59 Å². The highest BCUT2D eigenvalue weighted by Crippen LogP contribution is 2.29. The maximum atomic E-state index is 5.83. The summed E-state index contributed by atoms with van der Waals surface area (Å²) < 4.78 is 0.367. The molecule has 0 saturated carbocycles. The zero-order chi connectivity index (χ0) is 8.06. The van der Waals surface area contributed by atoms with Gasteiger partial charge in [-0.15, -0.1) is 4.59 Å². The van der Waals surface area contributed by atoms with E-state index < -0.39 is 0 Å². The molecule has 0 aromatic rings. The van der Waals surface area contributed by atoms with Gasteiger partial charge in [-0.25, -0.2) is 0 Å². The summed E-state index contributed by atoms with van der Waals surface area (Å²) in [5, 5.41) is 7.40. The third kappa shape index (κ3) is 0.593. The molecule has 0 amide bonds. The van der Waals surface area contributed by atoms with Crippen molar-refractivity contribution in [2.75, 3.05) is 7.05 Å². The lowest BCUT2D eigenvalue weighted by atomic mass is 10.5. The number of fused-ring (bicyclic) bond motifs is 1. The van der Waals surface area contributed by atoms with Crippen LogP contribution in [0.15, 0.2) is 28.5 Å². The number of nitrogens with one attached hydrogen (secondary N) is 1. The molecule has 2 heterocycles. The first-order chi connectivity index (χ1) is 5.14. The normalized spacial score (nSPS) is 33.8. The van der Waals surface area contributed by atoms with Crippen LogP contribution < -0.4 is 11.1 Å². The number of quaternary nitrogens is 1. The molecule has 4 nitrogen and oxygen atoms in total. The van der Waals surface area contributed by atoms with Gasteiger partial charge in [0.2, 0.25) is 5.82 Å². The lowest BCUT2D eigenvalue weighted by molar-refractivity contribution is -0.836. The Morgan fingerprint density at radius 2 is 2.36 bits per heavy atom. The van der Waals surface area contributed by atoms with Gasteiger partial charge in [0.1, 0.15) is 7.05 Å². The van der Waals surface area contributed by atoms with E-state index >= 15 is 0 Å². The van der Waals surface area contributed by atoms with Gasteiger partial charge < -0.3 is 11.1 Å². The first kappa shape index (κ1) is 6.42. The summed E-state index contributed by atoms with van der Waals surface area (Å²) in [4.78, 5) is 0. The summed E-state index contributed by atoms with van der Waals surface area (Å²) in [6.07, 6.45) is 3.70. The highest BCUT2D eigenvalue weighted by Gasteiger charge is 2.42. The Labute approximate surface area is 65.3 Å². The minimum Gasteiger partial charge on any atom is -0.351 e. The number of nitrogens with zero attached hydrogens (tertiary/aromatic N) is 2. The maximum Gasteiger partial charge on any atom is 0.251 e. The number of nitrogens with two attached hydrogens (primary N) is 1. The van der Waals surface area contributed by atoms with Gasteiger partial charge in [-0.2, -0.15) is 0 Å². The minimum absolute atomic E-state index is 0.367. The molecule has 4 heteroatoms. The van der Waals surface area contributed by atoms with Crippen LogP contribution in [0.3, 0.4) is 0 Å². The minimum atomic E-state index is 0.367. The fraction of sp³-hybridized carbons (Fsp3) is 0.286. The predicted octanol–water partition coefficient (Wildman–Crippen LogP) is 0.0247. The second-order valence-electron chi connectivity index (χ2n) is 2.91. The van der Waals surface area contributed by atoms with Crippen molar-refractivity contribution in [3.63, 3.8) is 0 Å². The zero-order valence-electron chi connectivity index (χ0n) is 6.63. The Bertz CT molecular complexity index is 300. The second-order valence-corrected chi connectivity index (χ2v) is 2.91. The summed E-state index contributed by atoms with van der Waals surface area (Å²) in [6, 6.07) is 0. The monoisotopic (exact) mass is 151 g/mol. The predicted molar refractivity (Wildman–Crippen MR) is 42.8 cm³/mol. The van der Waals surface area contributed by atoms with Gasteiger partial charge in [-0.3, -0.25) is 0 Å². The molecule has 1 unspecified atom stereocenters. The molecule has 0 bridgehead atoms. The van der Waals surface area contributed by atoms with Gasteiger partial charge in [0, 0.05) is 6.08 Å². The van der Waals surface area contributed by atoms with Crippen LogP contribution in [-0.2, 0) is 0 Å². The summed E-state index contributed by atoms with van der Waals surface area (Å²) in [5.74, 6) is 1.80. The van der Waals surface area contributed by atoms with E-state index in [1.165, 1.54) is 0 Å². The van der Waals surface area contributed by atoms with Crippen molar-refractivity contribution >= 4 is 6.21 Å². The van der Waals surface area contributed by atoms with Gasteiger partial charge in [0.25, 0.3) is 5.82 Å². The quantitative estimate of drug-likeness (QED) is 0.480. The van der Waals surface area contributed by atoms with Gasteiger partial charge in [0.15, 0.2) is 0 Å². The Morgan fingerprint density at radius 3 is 3.00 bits per heavy atom. The van der Waals surface area contributed by atoms with Crippen LogP contribution in [0.2, 0.25) is 0 Å². The van der Waals surface area contributed by atoms with Crippen LogP contribution in [0.1, 0.15) is 6.92 Å². The Hall–Kier alpha value is -1.29. The largest absolute Gasteiger partial charge is 0.351 e.